The van der Waals surface area contributed by atoms with Crippen molar-refractivity contribution in [2.24, 2.45) is 12.8 Å². The number of carbonyl (C=O) groups excluding carboxylic acids is 1. The summed E-state index contributed by atoms with van der Waals surface area (Å²) in [6, 6.07) is 16.4. The van der Waals surface area contributed by atoms with Crippen LogP contribution in [0.25, 0.3) is 11.2 Å². The number of nitrogens with two attached hydrogens (primary N) is 1. The molecule has 0 saturated heterocycles. The van der Waals surface area contributed by atoms with Gasteiger partial charge < -0.3 is 11.1 Å². The molecule has 0 spiro atoms. The molecule has 1 aliphatic carbocycles. The van der Waals surface area contributed by atoms with E-state index in [1.807, 2.05) is 24.3 Å². The number of nitrogens with one attached hydrogen (secondary N) is 1. The smallest absolute Gasteiger partial charge is 0.332 e. The van der Waals surface area contributed by atoms with Gasteiger partial charge in [-0.15, -0.1) is 0 Å². The van der Waals surface area contributed by atoms with Crippen molar-refractivity contribution in [2.75, 3.05) is 5.32 Å². The fraction of sp³-hybridized carbons (Fsp3) is 0.333. The van der Waals surface area contributed by atoms with Gasteiger partial charge in [0.15, 0.2) is 16.9 Å². The average molecular weight is 565 g/mol. The van der Waals surface area contributed by atoms with Gasteiger partial charge in [0.2, 0.25) is 5.95 Å². The number of Topliss-reactive ketones (excluding diaryl/α,β-unsaturated/α-hetero) is 1. The number of hydrogen-bond acceptors (Lipinski definition) is 6. The zero-order valence-electron chi connectivity index (χ0n) is 20.6. The second kappa shape index (κ2) is 10.5. The van der Waals surface area contributed by atoms with Crippen LogP contribution in [0, 0.1) is 0 Å². The predicted octanol–water partition coefficient (Wildman–Crippen LogP) is 3.27. The Morgan fingerprint density at radius 3 is 2.49 bits per heavy atom. The van der Waals surface area contributed by atoms with Crippen LogP contribution < -0.4 is 22.3 Å². The van der Waals surface area contributed by atoms with Gasteiger partial charge in [-0.05, 0) is 24.5 Å². The van der Waals surface area contributed by atoms with Gasteiger partial charge in [0, 0.05) is 29.2 Å². The van der Waals surface area contributed by atoms with Gasteiger partial charge in [-0.1, -0.05) is 77.3 Å². The summed E-state index contributed by atoms with van der Waals surface area (Å²) < 4.78 is 5.01. The van der Waals surface area contributed by atoms with E-state index in [0.717, 1.165) is 40.3 Å². The van der Waals surface area contributed by atoms with E-state index in [0.29, 0.717) is 18.1 Å². The zero-order chi connectivity index (χ0) is 26.1. The number of aryl methyl sites for hydroxylation is 1. The predicted molar refractivity (Wildman–Crippen MR) is 147 cm³/mol. The van der Waals surface area contributed by atoms with Crippen LogP contribution in [-0.2, 0) is 20.1 Å². The van der Waals surface area contributed by atoms with Crippen molar-refractivity contribution in [3.63, 3.8) is 0 Å². The topological polar surface area (TPSA) is 117 Å². The normalized spacial score (nSPS) is 17.7. The molecule has 0 unspecified atom stereocenters. The molecule has 0 aliphatic heterocycles. The molecule has 10 heteroatoms. The Hall–Kier alpha value is -3.50. The number of ketones is 1. The van der Waals surface area contributed by atoms with Crippen LogP contribution in [0.5, 0.6) is 0 Å². The molecule has 2 atom stereocenters. The number of aromatic nitrogens is 4. The maximum atomic E-state index is 13.8. The van der Waals surface area contributed by atoms with E-state index >= 15 is 0 Å². The third-order valence-electron chi connectivity index (χ3n) is 7.05. The second-order valence-electron chi connectivity index (χ2n) is 9.51. The van der Waals surface area contributed by atoms with Crippen LogP contribution in [0.2, 0.25) is 0 Å². The lowest BCUT2D eigenvalue weighted by molar-refractivity contribution is 0.0969. The van der Waals surface area contributed by atoms with E-state index < -0.39 is 11.2 Å². The molecule has 2 aromatic carbocycles. The van der Waals surface area contributed by atoms with Gasteiger partial charge in [-0.3, -0.25) is 23.3 Å². The number of anilines is 1. The minimum absolute atomic E-state index is 0.00226. The van der Waals surface area contributed by atoms with E-state index in [1.165, 1.54) is 4.57 Å². The van der Waals surface area contributed by atoms with E-state index in [-0.39, 0.29) is 35.6 Å². The van der Waals surface area contributed by atoms with Gasteiger partial charge >= 0.3 is 5.69 Å². The minimum atomic E-state index is -0.590. The Morgan fingerprint density at radius 2 is 1.76 bits per heavy atom. The Kier molecular flexibility index (Phi) is 7.12. The fourth-order valence-corrected chi connectivity index (χ4v) is 5.35. The van der Waals surface area contributed by atoms with E-state index in [9.17, 15) is 14.4 Å². The van der Waals surface area contributed by atoms with Crippen molar-refractivity contribution in [1.82, 2.24) is 18.7 Å². The summed E-state index contributed by atoms with van der Waals surface area (Å²) >= 11 is 3.60. The number of imidazole rings is 1. The Balaban J connectivity index is 1.66. The Morgan fingerprint density at radius 1 is 1.05 bits per heavy atom. The summed E-state index contributed by atoms with van der Waals surface area (Å²) in [7, 11) is 1.57. The summed E-state index contributed by atoms with van der Waals surface area (Å²) in [6.45, 7) is -0.0236. The number of fused-ring (bicyclic) bond motifs is 1. The van der Waals surface area contributed by atoms with Gasteiger partial charge in [-0.25, -0.2) is 4.79 Å². The van der Waals surface area contributed by atoms with Crippen LogP contribution in [0.1, 0.15) is 41.6 Å². The lowest BCUT2D eigenvalue weighted by atomic mass is 9.91. The van der Waals surface area contributed by atoms with Gasteiger partial charge in [-0.2, -0.15) is 4.98 Å². The van der Waals surface area contributed by atoms with Crippen molar-refractivity contribution in [2.45, 2.75) is 50.9 Å². The van der Waals surface area contributed by atoms with E-state index in [4.69, 9.17) is 10.7 Å². The molecule has 0 bridgehead atoms. The van der Waals surface area contributed by atoms with E-state index in [2.05, 4.69) is 21.2 Å². The number of halogens is 1. The minimum Gasteiger partial charge on any atom is -0.351 e. The van der Waals surface area contributed by atoms with Crippen LogP contribution >= 0.6 is 15.9 Å². The molecule has 1 fully saturated rings. The van der Waals surface area contributed by atoms with Crippen molar-refractivity contribution >= 4 is 38.8 Å². The van der Waals surface area contributed by atoms with Crippen molar-refractivity contribution in [3.05, 3.63) is 91.0 Å². The van der Waals surface area contributed by atoms with Crippen molar-refractivity contribution in [3.8, 4) is 0 Å². The van der Waals surface area contributed by atoms with Gasteiger partial charge in [0.25, 0.3) is 5.56 Å². The molecule has 1 saturated carbocycles. The summed E-state index contributed by atoms with van der Waals surface area (Å²) in [6.07, 6.45) is 3.95. The molecule has 3 N–H and O–H groups in total. The first-order valence-corrected chi connectivity index (χ1v) is 13.2. The summed E-state index contributed by atoms with van der Waals surface area (Å²) in [5.74, 6) is 0.162. The Bertz CT molecular complexity index is 1570. The molecule has 0 radical (unpaired) electrons. The van der Waals surface area contributed by atoms with Crippen molar-refractivity contribution in [1.29, 1.82) is 0 Å². The molecular weight excluding hydrogens is 536 g/mol. The van der Waals surface area contributed by atoms with Crippen LogP contribution in [0.15, 0.2) is 68.7 Å². The van der Waals surface area contributed by atoms with Gasteiger partial charge in [0.1, 0.15) is 0 Å². The van der Waals surface area contributed by atoms with Crippen LogP contribution in [0.3, 0.4) is 0 Å². The first-order chi connectivity index (χ1) is 17.8. The maximum Gasteiger partial charge on any atom is 0.332 e. The molecule has 9 nitrogen and oxygen atoms in total. The zero-order valence-corrected chi connectivity index (χ0v) is 22.1. The molecule has 4 aromatic rings. The average Bonchev–Trinajstić information content (AvgIpc) is 3.26. The molecule has 1 aliphatic rings. The van der Waals surface area contributed by atoms with Crippen molar-refractivity contribution < 1.29 is 4.79 Å². The second-order valence-corrected chi connectivity index (χ2v) is 10.4. The highest BCUT2D eigenvalue weighted by molar-refractivity contribution is 9.10. The molecular formula is C27H29BrN6O3. The number of carbonyl (C=O) groups is 1. The largest absolute Gasteiger partial charge is 0.351 e. The Labute approximate surface area is 222 Å². The maximum absolute atomic E-state index is 13.8. The highest BCUT2D eigenvalue weighted by Crippen LogP contribution is 2.25. The fourth-order valence-electron chi connectivity index (χ4n) is 4.94. The highest BCUT2D eigenvalue weighted by Gasteiger charge is 2.27. The monoisotopic (exact) mass is 564 g/mol. The quantitative estimate of drug-likeness (QED) is 0.333. The lowest BCUT2D eigenvalue weighted by Crippen LogP contribution is -2.43. The first-order valence-electron chi connectivity index (χ1n) is 12.4. The third kappa shape index (κ3) is 4.91. The molecule has 2 aromatic heterocycles. The number of nitrogens with zero attached hydrogens (tertiary/aromatic N) is 4. The third-order valence-corrected chi connectivity index (χ3v) is 7.82. The summed E-state index contributed by atoms with van der Waals surface area (Å²) in [5.41, 5.74) is 7.15. The van der Waals surface area contributed by atoms with E-state index in [1.54, 1.807) is 41.9 Å². The molecule has 37 heavy (non-hydrogen) atoms. The van der Waals surface area contributed by atoms with Gasteiger partial charge in [0.05, 0.1) is 13.1 Å². The lowest BCUT2D eigenvalue weighted by Gasteiger charge is -2.29. The SMILES string of the molecule is Cn1c(=O)n(CC(=O)c2ccccc2)c(=O)c2c1nc(N[C@@H]1CCCC[C@@H]1N)n2Cc1ccccc1Br. The molecule has 0 amide bonds. The summed E-state index contributed by atoms with van der Waals surface area (Å²) in [5, 5.41) is 3.47. The summed E-state index contributed by atoms with van der Waals surface area (Å²) in [4.78, 5) is 44.7. The number of benzene rings is 2. The highest BCUT2D eigenvalue weighted by atomic mass is 79.9. The molecule has 2 heterocycles. The first kappa shape index (κ1) is 25.2. The standard InChI is InChI=1S/C27H29BrN6O3/c1-32-24-23(25(36)34(27(32)37)16-22(35)17-9-3-2-4-10-17)33(15-18-11-5-6-12-19(18)28)26(31-24)30-21-14-8-7-13-20(21)29/h2-6,9-12,20-21H,7-8,13-16,29H2,1H3,(H,30,31)/t20-,21+/m0/s1. The number of hydrogen-bond donors (Lipinski definition) is 2. The molecule has 5 rings (SSSR count). The molecule has 192 valence electrons. The van der Waals surface area contributed by atoms with Crippen LogP contribution in [0.4, 0.5) is 5.95 Å². The number of rotatable bonds is 7. The van der Waals surface area contributed by atoms with Crippen LogP contribution in [-0.4, -0.2) is 36.6 Å².